The summed E-state index contributed by atoms with van der Waals surface area (Å²) < 4.78 is 63.1. The fraction of sp³-hybridized carbons (Fsp3) is 0.364. The number of carbonyl (C=O) groups is 1. The Morgan fingerprint density at radius 3 is 2.16 bits per heavy atom. The van der Waals surface area contributed by atoms with Gasteiger partial charge in [0, 0.05) is 6.54 Å². The summed E-state index contributed by atoms with van der Waals surface area (Å²) in [6.45, 7) is 0.423. The number of benzene rings is 1. The van der Waals surface area contributed by atoms with Gasteiger partial charge in [-0.1, -0.05) is 0 Å². The molecule has 0 spiro atoms. The summed E-state index contributed by atoms with van der Waals surface area (Å²) in [5.41, 5.74) is -1.25. The lowest BCUT2D eigenvalue weighted by Gasteiger charge is -2.17. The summed E-state index contributed by atoms with van der Waals surface area (Å²) in [5.74, 6) is -4.44. The largest absolute Gasteiger partial charge is 0.477 e. The predicted molar refractivity (Wildman–Crippen MR) is 55.7 cm³/mol. The minimum absolute atomic E-state index is 0.115. The van der Waals surface area contributed by atoms with E-state index >= 15 is 0 Å². The van der Waals surface area contributed by atoms with E-state index < -0.39 is 41.9 Å². The van der Waals surface area contributed by atoms with E-state index in [9.17, 15) is 26.7 Å². The quantitative estimate of drug-likeness (QED) is 0.835. The van der Waals surface area contributed by atoms with Gasteiger partial charge in [-0.05, 0) is 24.6 Å². The maximum atomic E-state index is 13.2. The normalized spacial score (nSPS) is 13.4. The Morgan fingerprint density at radius 2 is 1.79 bits per heavy atom. The van der Waals surface area contributed by atoms with Crippen LogP contribution in [-0.2, 0) is 6.54 Å². The van der Waals surface area contributed by atoms with Gasteiger partial charge < -0.3 is 10.4 Å². The van der Waals surface area contributed by atoms with Crippen molar-refractivity contribution < 1.29 is 31.9 Å². The van der Waals surface area contributed by atoms with Crippen LogP contribution in [0.3, 0.4) is 0 Å². The van der Waals surface area contributed by atoms with Crippen molar-refractivity contribution in [3.63, 3.8) is 0 Å². The van der Waals surface area contributed by atoms with Crippen LogP contribution in [0, 0.1) is 11.6 Å². The molecule has 0 aliphatic carbocycles. The molecule has 19 heavy (non-hydrogen) atoms. The Labute approximate surface area is 105 Å². The van der Waals surface area contributed by atoms with Crippen LogP contribution in [0.25, 0.3) is 0 Å². The summed E-state index contributed by atoms with van der Waals surface area (Å²) >= 11 is 0. The second-order valence-corrected chi connectivity index (χ2v) is 3.88. The Morgan fingerprint density at radius 1 is 1.32 bits per heavy atom. The van der Waals surface area contributed by atoms with E-state index in [2.05, 4.69) is 0 Å². The van der Waals surface area contributed by atoms with Crippen molar-refractivity contribution in [2.75, 3.05) is 0 Å². The van der Waals surface area contributed by atoms with Crippen molar-refractivity contribution in [3.8, 4) is 0 Å². The number of hydrogen-bond donors (Lipinski definition) is 2. The van der Waals surface area contributed by atoms with Crippen molar-refractivity contribution >= 4 is 5.97 Å². The van der Waals surface area contributed by atoms with Gasteiger partial charge in [0.1, 0.15) is 23.2 Å². The number of carboxylic acids is 1. The maximum absolute atomic E-state index is 13.2. The van der Waals surface area contributed by atoms with Gasteiger partial charge in [0.15, 0.2) is 0 Å². The minimum Gasteiger partial charge on any atom is -0.477 e. The first-order valence-corrected chi connectivity index (χ1v) is 5.14. The van der Waals surface area contributed by atoms with E-state index in [4.69, 9.17) is 5.11 Å². The molecule has 106 valence electrons. The van der Waals surface area contributed by atoms with Crippen molar-refractivity contribution in [2.24, 2.45) is 0 Å². The molecule has 1 atom stereocenters. The lowest BCUT2D eigenvalue weighted by Crippen LogP contribution is -2.39. The van der Waals surface area contributed by atoms with E-state index in [0.717, 1.165) is 6.92 Å². The molecule has 0 bridgehead atoms. The van der Waals surface area contributed by atoms with Crippen molar-refractivity contribution in [1.29, 1.82) is 0 Å². The van der Waals surface area contributed by atoms with Gasteiger partial charge in [0.05, 0.1) is 0 Å². The summed E-state index contributed by atoms with van der Waals surface area (Å²) in [6, 6.07) is -0.483. The SMILES string of the molecule is C[C@@H](NCc1cc(F)c(C(=O)O)c(F)c1)C(F)(F)F. The molecule has 0 unspecified atom stereocenters. The molecule has 8 heteroatoms. The fourth-order valence-electron chi connectivity index (χ4n) is 1.32. The molecule has 0 aliphatic heterocycles. The molecule has 0 amide bonds. The molecule has 1 aromatic rings. The molecule has 0 fully saturated rings. The highest BCUT2D eigenvalue weighted by Crippen LogP contribution is 2.20. The third-order valence-corrected chi connectivity index (χ3v) is 2.42. The Balaban J connectivity index is 2.85. The maximum Gasteiger partial charge on any atom is 0.403 e. The number of aromatic carboxylic acids is 1. The molecular weight excluding hydrogens is 273 g/mol. The van der Waals surface area contributed by atoms with Gasteiger partial charge in [-0.3, -0.25) is 0 Å². The minimum atomic E-state index is -4.47. The van der Waals surface area contributed by atoms with Crippen LogP contribution in [0.2, 0.25) is 0 Å². The first-order valence-electron chi connectivity index (χ1n) is 5.14. The van der Waals surface area contributed by atoms with E-state index in [1.807, 2.05) is 5.32 Å². The average molecular weight is 283 g/mol. The molecule has 0 aliphatic rings. The predicted octanol–water partition coefficient (Wildman–Crippen LogP) is 2.70. The lowest BCUT2D eigenvalue weighted by molar-refractivity contribution is -0.151. The first kappa shape index (κ1) is 15.4. The fourth-order valence-corrected chi connectivity index (χ4v) is 1.32. The number of halogens is 5. The second kappa shape index (κ2) is 5.52. The van der Waals surface area contributed by atoms with E-state index in [0.29, 0.717) is 12.1 Å². The smallest absolute Gasteiger partial charge is 0.403 e. The van der Waals surface area contributed by atoms with Crippen LogP contribution >= 0.6 is 0 Å². The van der Waals surface area contributed by atoms with Crippen LogP contribution in [0.5, 0.6) is 0 Å². The van der Waals surface area contributed by atoms with Crippen molar-refractivity contribution in [2.45, 2.75) is 25.7 Å². The van der Waals surface area contributed by atoms with Gasteiger partial charge >= 0.3 is 12.1 Å². The van der Waals surface area contributed by atoms with Gasteiger partial charge in [-0.15, -0.1) is 0 Å². The van der Waals surface area contributed by atoms with Crippen molar-refractivity contribution in [3.05, 3.63) is 34.9 Å². The second-order valence-electron chi connectivity index (χ2n) is 3.88. The molecule has 0 aromatic heterocycles. The molecule has 0 saturated heterocycles. The van der Waals surface area contributed by atoms with Gasteiger partial charge in [-0.2, -0.15) is 13.2 Å². The highest BCUT2D eigenvalue weighted by atomic mass is 19.4. The van der Waals surface area contributed by atoms with E-state index in [1.165, 1.54) is 0 Å². The lowest BCUT2D eigenvalue weighted by atomic mass is 10.1. The first-order chi connectivity index (χ1) is 8.62. The summed E-state index contributed by atoms with van der Waals surface area (Å²) in [5, 5.41) is 10.6. The topological polar surface area (TPSA) is 49.3 Å². The van der Waals surface area contributed by atoms with Crippen molar-refractivity contribution in [1.82, 2.24) is 5.32 Å². The third kappa shape index (κ3) is 3.88. The molecule has 2 N–H and O–H groups in total. The van der Waals surface area contributed by atoms with Crippen LogP contribution in [0.1, 0.15) is 22.8 Å². The van der Waals surface area contributed by atoms with Gasteiger partial charge in [-0.25, -0.2) is 13.6 Å². The highest BCUT2D eigenvalue weighted by Gasteiger charge is 2.35. The molecule has 3 nitrogen and oxygen atoms in total. The average Bonchev–Trinajstić information content (AvgIpc) is 2.22. The molecule has 0 radical (unpaired) electrons. The summed E-state index contributed by atoms with van der Waals surface area (Å²) in [4.78, 5) is 10.5. The van der Waals surface area contributed by atoms with Crippen LogP contribution in [-0.4, -0.2) is 23.3 Å². The number of nitrogens with one attached hydrogen (secondary N) is 1. The summed E-state index contributed by atoms with van der Waals surface area (Å²) in [6.07, 6.45) is -4.47. The van der Waals surface area contributed by atoms with E-state index in [-0.39, 0.29) is 5.56 Å². The number of alkyl halides is 3. The summed E-state index contributed by atoms with van der Waals surface area (Å²) in [7, 11) is 0. The molecule has 0 saturated carbocycles. The zero-order valence-corrected chi connectivity index (χ0v) is 9.68. The Kier molecular flexibility index (Phi) is 4.46. The number of hydrogen-bond acceptors (Lipinski definition) is 2. The Bertz CT molecular complexity index is 463. The zero-order valence-electron chi connectivity index (χ0n) is 9.68. The van der Waals surface area contributed by atoms with Crippen LogP contribution in [0.4, 0.5) is 22.0 Å². The standard InChI is InChI=1S/C11H10F5NO2/c1-5(11(14,15)16)17-4-6-2-7(12)9(10(18)19)8(13)3-6/h2-3,5,17H,4H2,1H3,(H,18,19)/t5-/m1/s1. The van der Waals surface area contributed by atoms with E-state index in [1.54, 1.807) is 0 Å². The molecule has 1 rings (SSSR count). The number of carboxylic acid groups (broad SMARTS) is 1. The Hall–Kier alpha value is -1.70. The number of rotatable bonds is 4. The van der Waals surface area contributed by atoms with Gasteiger partial charge in [0.25, 0.3) is 0 Å². The monoisotopic (exact) mass is 283 g/mol. The molecule has 1 aromatic carbocycles. The molecule has 0 heterocycles. The van der Waals surface area contributed by atoms with Crippen LogP contribution in [0.15, 0.2) is 12.1 Å². The highest BCUT2D eigenvalue weighted by molar-refractivity contribution is 5.88. The van der Waals surface area contributed by atoms with Crippen LogP contribution < -0.4 is 5.32 Å². The van der Waals surface area contributed by atoms with Gasteiger partial charge in [0.2, 0.25) is 0 Å². The zero-order chi connectivity index (χ0) is 14.8. The third-order valence-electron chi connectivity index (χ3n) is 2.42. The molecular formula is C11H10F5NO2.